The van der Waals surface area contributed by atoms with Crippen LogP contribution in [0.2, 0.25) is 6.04 Å². The van der Waals surface area contributed by atoms with E-state index in [9.17, 15) is 4.79 Å². The van der Waals surface area contributed by atoms with Gasteiger partial charge in [0.15, 0.2) is 0 Å². The maximum atomic E-state index is 11.4. The van der Waals surface area contributed by atoms with Crippen LogP contribution in [-0.4, -0.2) is 34.6 Å². The predicted octanol–water partition coefficient (Wildman–Crippen LogP) is 3.72. The van der Waals surface area contributed by atoms with Crippen LogP contribution in [0.15, 0.2) is 42.5 Å². The molecule has 0 radical (unpaired) electrons. The highest BCUT2D eigenvalue weighted by molar-refractivity contribution is 6.60. The topological polar surface area (TPSA) is 54.0 Å². The number of esters is 1. The van der Waals surface area contributed by atoms with Crippen molar-refractivity contribution in [2.24, 2.45) is 0 Å². The van der Waals surface area contributed by atoms with Gasteiger partial charge in [-0.05, 0) is 32.8 Å². The highest BCUT2D eigenvalue weighted by Gasteiger charge is 2.40. The van der Waals surface area contributed by atoms with Crippen LogP contribution < -0.4 is 0 Å². The molecule has 0 aliphatic heterocycles. The molecule has 1 aromatic rings. The number of hydrogen-bond acceptors (Lipinski definition) is 5. The van der Waals surface area contributed by atoms with Gasteiger partial charge in [0.05, 0.1) is 13.2 Å². The lowest BCUT2D eigenvalue weighted by atomic mass is 10.2. The number of rotatable bonds is 12. The molecule has 1 aromatic carbocycles. The summed E-state index contributed by atoms with van der Waals surface area (Å²) in [6, 6.07) is 10.5. The molecule has 0 spiro atoms. The molecule has 0 heterocycles. The molecule has 0 unspecified atom stereocenters. The van der Waals surface area contributed by atoms with Gasteiger partial charge in [-0.25, -0.2) is 4.79 Å². The van der Waals surface area contributed by atoms with E-state index in [0.717, 1.165) is 5.56 Å². The van der Waals surface area contributed by atoms with E-state index in [1.165, 1.54) is 0 Å². The summed E-state index contributed by atoms with van der Waals surface area (Å²) in [7, 11) is -2.79. The van der Waals surface area contributed by atoms with Gasteiger partial charge in [-0.2, -0.15) is 0 Å². The van der Waals surface area contributed by atoms with E-state index >= 15 is 0 Å². The first-order chi connectivity index (χ1) is 11.5. The van der Waals surface area contributed by atoms with Gasteiger partial charge in [-0.1, -0.05) is 36.9 Å². The Hall–Kier alpha value is -1.47. The standard InChI is InChI=1S/C18H28O5Si/c1-5-21-24(22-6-2,14-10-13-20-18(19)16(3)4)23-15-17-11-8-7-9-12-17/h7-9,11-12H,3,5-6,10,13-15H2,1-2,4H3. The average Bonchev–Trinajstić information content (AvgIpc) is 2.58. The van der Waals surface area contributed by atoms with Crippen LogP contribution in [0.4, 0.5) is 0 Å². The van der Waals surface area contributed by atoms with Gasteiger partial charge < -0.3 is 18.0 Å². The third-order valence-corrected chi connectivity index (χ3v) is 6.25. The Morgan fingerprint density at radius 3 is 2.25 bits per heavy atom. The second-order valence-electron chi connectivity index (χ2n) is 5.34. The van der Waals surface area contributed by atoms with Crippen LogP contribution in [-0.2, 0) is 29.4 Å². The predicted molar refractivity (Wildman–Crippen MR) is 95.4 cm³/mol. The highest BCUT2D eigenvalue weighted by atomic mass is 28.4. The Balaban J connectivity index is 2.59. The summed E-state index contributed by atoms with van der Waals surface area (Å²) in [5.41, 5.74) is 1.47. The smallest absolute Gasteiger partial charge is 0.462 e. The van der Waals surface area contributed by atoms with Crippen molar-refractivity contribution in [3.63, 3.8) is 0 Å². The molecule has 0 fully saturated rings. The summed E-state index contributed by atoms with van der Waals surface area (Å²) in [5, 5.41) is 0. The van der Waals surface area contributed by atoms with E-state index in [1.54, 1.807) is 6.92 Å². The SMILES string of the molecule is C=C(C)C(=O)OCCC[Si](OCC)(OCC)OCc1ccccc1. The first kappa shape index (κ1) is 20.6. The van der Waals surface area contributed by atoms with Crippen molar-refractivity contribution < 1.29 is 22.8 Å². The zero-order chi connectivity index (χ0) is 17.8. The van der Waals surface area contributed by atoms with Gasteiger partial charge in [0.1, 0.15) is 0 Å². The van der Waals surface area contributed by atoms with Crippen LogP contribution in [0, 0.1) is 0 Å². The van der Waals surface area contributed by atoms with Crippen LogP contribution in [0.3, 0.4) is 0 Å². The first-order valence-electron chi connectivity index (χ1n) is 8.31. The Morgan fingerprint density at radius 1 is 1.08 bits per heavy atom. The van der Waals surface area contributed by atoms with Crippen LogP contribution in [0.5, 0.6) is 0 Å². The van der Waals surface area contributed by atoms with Crippen molar-refractivity contribution in [1.82, 2.24) is 0 Å². The second-order valence-corrected chi connectivity index (χ2v) is 8.08. The maximum absolute atomic E-state index is 11.4. The van der Waals surface area contributed by atoms with Crippen molar-refractivity contribution in [2.45, 2.75) is 39.8 Å². The van der Waals surface area contributed by atoms with E-state index < -0.39 is 8.80 Å². The molecule has 1 rings (SSSR count). The fraction of sp³-hybridized carbons (Fsp3) is 0.500. The van der Waals surface area contributed by atoms with Crippen molar-refractivity contribution in [3.05, 3.63) is 48.0 Å². The maximum Gasteiger partial charge on any atom is 0.501 e. The van der Waals surface area contributed by atoms with Gasteiger partial charge in [-0.3, -0.25) is 0 Å². The van der Waals surface area contributed by atoms with E-state index in [2.05, 4.69) is 6.58 Å². The number of hydrogen-bond donors (Lipinski definition) is 0. The monoisotopic (exact) mass is 352 g/mol. The molecule has 0 saturated carbocycles. The molecule has 6 heteroatoms. The van der Waals surface area contributed by atoms with E-state index in [4.69, 9.17) is 18.0 Å². The lowest BCUT2D eigenvalue weighted by Gasteiger charge is -2.29. The van der Waals surface area contributed by atoms with Crippen LogP contribution in [0.25, 0.3) is 0 Å². The number of benzene rings is 1. The molecule has 0 atom stereocenters. The summed E-state index contributed by atoms with van der Waals surface area (Å²) < 4.78 is 23.0. The largest absolute Gasteiger partial charge is 0.501 e. The van der Waals surface area contributed by atoms with Crippen molar-refractivity contribution >= 4 is 14.8 Å². The number of ether oxygens (including phenoxy) is 1. The lowest BCUT2D eigenvalue weighted by molar-refractivity contribution is -0.139. The molecule has 0 aromatic heterocycles. The summed E-state index contributed by atoms with van der Waals surface area (Å²) in [4.78, 5) is 11.4. The van der Waals surface area contributed by atoms with E-state index in [0.29, 0.717) is 44.5 Å². The molecular weight excluding hydrogens is 324 g/mol. The minimum absolute atomic E-state index is 0.301. The Kier molecular flexibility index (Phi) is 9.55. The summed E-state index contributed by atoms with van der Waals surface area (Å²) in [5.74, 6) is -0.375. The minimum Gasteiger partial charge on any atom is -0.462 e. The summed E-state index contributed by atoms with van der Waals surface area (Å²) in [6.07, 6.45) is 0.625. The van der Waals surface area contributed by atoms with Crippen LogP contribution >= 0.6 is 0 Å². The van der Waals surface area contributed by atoms with E-state index in [1.807, 2.05) is 44.2 Å². The van der Waals surface area contributed by atoms with Gasteiger partial charge in [-0.15, -0.1) is 0 Å². The molecule has 24 heavy (non-hydrogen) atoms. The van der Waals surface area contributed by atoms with Crippen molar-refractivity contribution in [3.8, 4) is 0 Å². The summed E-state index contributed by atoms with van der Waals surface area (Å²) in [6.45, 7) is 10.8. The molecule has 0 bridgehead atoms. The van der Waals surface area contributed by atoms with Crippen LogP contribution in [0.1, 0.15) is 32.8 Å². The number of carbonyl (C=O) groups is 1. The van der Waals surface area contributed by atoms with Gasteiger partial charge >= 0.3 is 14.8 Å². The third-order valence-electron chi connectivity index (χ3n) is 3.24. The molecule has 0 amide bonds. The molecule has 0 N–H and O–H groups in total. The minimum atomic E-state index is -2.79. The lowest BCUT2D eigenvalue weighted by Crippen LogP contribution is -2.46. The zero-order valence-electron chi connectivity index (χ0n) is 14.9. The Morgan fingerprint density at radius 2 is 1.71 bits per heavy atom. The fourth-order valence-corrected chi connectivity index (χ4v) is 4.65. The summed E-state index contributed by atoms with van der Waals surface area (Å²) >= 11 is 0. The van der Waals surface area contributed by atoms with Gasteiger partial charge in [0, 0.05) is 24.8 Å². The van der Waals surface area contributed by atoms with Crippen molar-refractivity contribution in [2.75, 3.05) is 19.8 Å². The zero-order valence-corrected chi connectivity index (χ0v) is 15.9. The average molecular weight is 353 g/mol. The molecular formula is C18H28O5Si. The fourth-order valence-electron chi connectivity index (χ4n) is 2.13. The van der Waals surface area contributed by atoms with Gasteiger partial charge in [0.2, 0.25) is 0 Å². The van der Waals surface area contributed by atoms with Gasteiger partial charge in [0.25, 0.3) is 0 Å². The highest BCUT2D eigenvalue weighted by Crippen LogP contribution is 2.20. The normalized spacial score (nSPS) is 11.3. The molecule has 5 nitrogen and oxygen atoms in total. The molecule has 0 aliphatic carbocycles. The molecule has 0 aliphatic rings. The number of carbonyl (C=O) groups excluding carboxylic acids is 1. The molecule has 134 valence electrons. The second kappa shape index (κ2) is 11.1. The van der Waals surface area contributed by atoms with Crippen molar-refractivity contribution in [1.29, 1.82) is 0 Å². The molecule has 0 saturated heterocycles. The Labute approximate surface area is 145 Å². The first-order valence-corrected chi connectivity index (χ1v) is 10.2. The Bertz CT molecular complexity index is 497. The van der Waals surface area contributed by atoms with E-state index in [-0.39, 0.29) is 5.97 Å². The quantitative estimate of drug-likeness (QED) is 0.248. The third kappa shape index (κ3) is 7.40.